The van der Waals surface area contributed by atoms with Crippen LogP contribution in [0.4, 0.5) is 0 Å². The standard InChI is InChI=1S/C14H19NO/c1-11-6-5-9-13(16)14(11)15-10-12-7-3-2-4-8-12/h2-4,7-8,11,14-15H,5-6,9-10H2,1H3. The Morgan fingerprint density at radius 1 is 1.31 bits per heavy atom. The number of carbonyl (C=O) groups excluding carboxylic acids is 1. The summed E-state index contributed by atoms with van der Waals surface area (Å²) in [5, 5.41) is 3.39. The molecular weight excluding hydrogens is 198 g/mol. The van der Waals surface area contributed by atoms with Crippen LogP contribution in [0, 0.1) is 5.92 Å². The number of ketones is 1. The van der Waals surface area contributed by atoms with Crippen LogP contribution in [-0.2, 0) is 11.3 Å². The third-order valence-corrected chi connectivity index (χ3v) is 3.37. The lowest BCUT2D eigenvalue weighted by Gasteiger charge is -2.28. The molecule has 2 nitrogen and oxygen atoms in total. The maximum atomic E-state index is 11.8. The minimum Gasteiger partial charge on any atom is -0.303 e. The van der Waals surface area contributed by atoms with Gasteiger partial charge in [0.15, 0.2) is 0 Å². The Labute approximate surface area is 97.1 Å². The van der Waals surface area contributed by atoms with E-state index < -0.39 is 0 Å². The van der Waals surface area contributed by atoms with Gasteiger partial charge in [-0.25, -0.2) is 0 Å². The summed E-state index contributed by atoms with van der Waals surface area (Å²) >= 11 is 0. The fourth-order valence-electron chi connectivity index (χ4n) is 2.38. The molecule has 0 radical (unpaired) electrons. The molecule has 0 saturated heterocycles. The van der Waals surface area contributed by atoms with Gasteiger partial charge in [-0.1, -0.05) is 37.3 Å². The number of hydrogen-bond donors (Lipinski definition) is 1. The van der Waals surface area contributed by atoms with Gasteiger partial charge >= 0.3 is 0 Å². The van der Waals surface area contributed by atoms with Gasteiger partial charge in [0.05, 0.1) is 6.04 Å². The lowest BCUT2D eigenvalue weighted by molar-refractivity contribution is -0.124. The molecule has 0 aromatic heterocycles. The summed E-state index contributed by atoms with van der Waals surface area (Å²) in [6.07, 6.45) is 2.97. The van der Waals surface area contributed by atoms with E-state index in [-0.39, 0.29) is 6.04 Å². The SMILES string of the molecule is CC1CCCC(=O)C1NCc1ccccc1. The number of hydrogen-bond acceptors (Lipinski definition) is 2. The summed E-state index contributed by atoms with van der Waals surface area (Å²) in [5.74, 6) is 0.861. The molecule has 1 aromatic rings. The molecule has 2 unspecified atom stereocenters. The Morgan fingerprint density at radius 3 is 2.75 bits per heavy atom. The molecule has 1 aliphatic rings. The zero-order chi connectivity index (χ0) is 11.4. The van der Waals surface area contributed by atoms with E-state index in [1.54, 1.807) is 0 Å². The van der Waals surface area contributed by atoms with Gasteiger partial charge in [0.25, 0.3) is 0 Å². The first-order valence-electron chi connectivity index (χ1n) is 6.07. The Hall–Kier alpha value is -1.15. The normalized spacial score (nSPS) is 25.7. The number of carbonyl (C=O) groups is 1. The molecule has 0 heterocycles. The number of benzene rings is 1. The smallest absolute Gasteiger partial charge is 0.150 e. The Kier molecular flexibility index (Phi) is 3.73. The molecule has 86 valence electrons. The van der Waals surface area contributed by atoms with Crippen molar-refractivity contribution in [1.82, 2.24) is 5.32 Å². The van der Waals surface area contributed by atoms with Gasteiger partial charge in [-0.2, -0.15) is 0 Å². The van der Waals surface area contributed by atoms with Crippen LogP contribution in [0.3, 0.4) is 0 Å². The molecule has 0 amide bonds. The van der Waals surface area contributed by atoms with Crippen LogP contribution in [0.25, 0.3) is 0 Å². The third kappa shape index (κ3) is 2.70. The summed E-state index contributed by atoms with van der Waals surface area (Å²) in [4.78, 5) is 11.8. The fraction of sp³-hybridized carbons (Fsp3) is 0.500. The molecule has 2 rings (SSSR count). The highest BCUT2D eigenvalue weighted by molar-refractivity contribution is 5.85. The zero-order valence-electron chi connectivity index (χ0n) is 9.78. The molecule has 1 aliphatic carbocycles. The maximum Gasteiger partial charge on any atom is 0.150 e. The molecule has 0 bridgehead atoms. The predicted octanol–water partition coefficient (Wildman–Crippen LogP) is 2.53. The van der Waals surface area contributed by atoms with Crippen LogP contribution in [-0.4, -0.2) is 11.8 Å². The van der Waals surface area contributed by atoms with Gasteiger partial charge < -0.3 is 5.32 Å². The topological polar surface area (TPSA) is 29.1 Å². The van der Waals surface area contributed by atoms with E-state index >= 15 is 0 Å². The van der Waals surface area contributed by atoms with Gasteiger partial charge in [-0.05, 0) is 24.3 Å². The molecule has 0 spiro atoms. The Bertz CT molecular complexity index is 347. The lowest BCUT2D eigenvalue weighted by atomic mass is 9.85. The van der Waals surface area contributed by atoms with Crippen molar-refractivity contribution in [1.29, 1.82) is 0 Å². The summed E-state index contributed by atoms with van der Waals surface area (Å²) in [6, 6.07) is 10.3. The van der Waals surface area contributed by atoms with Gasteiger partial charge in [-0.3, -0.25) is 4.79 Å². The van der Waals surface area contributed by atoms with Crippen molar-refractivity contribution in [3.05, 3.63) is 35.9 Å². The van der Waals surface area contributed by atoms with Gasteiger partial charge in [0, 0.05) is 13.0 Å². The third-order valence-electron chi connectivity index (χ3n) is 3.37. The van der Waals surface area contributed by atoms with E-state index in [0.29, 0.717) is 11.7 Å². The largest absolute Gasteiger partial charge is 0.303 e. The molecule has 2 heteroatoms. The Morgan fingerprint density at radius 2 is 2.06 bits per heavy atom. The van der Waals surface area contributed by atoms with Crippen molar-refractivity contribution in [3.8, 4) is 0 Å². The highest BCUT2D eigenvalue weighted by Gasteiger charge is 2.27. The van der Waals surface area contributed by atoms with Crippen LogP contribution >= 0.6 is 0 Å². The van der Waals surface area contributed by atoms with Crippen molar-refractivity contribution < 1.29 is 4.79 Å². The van der Waals surface area contributed by atoms with Crippen LogP contribution in [0.5, 0.6) is 0 Å². The van der Waals surface area contributed by atoms with Gasteiger partial charge in [-0.15, -0.1) is 0 Å². The van der Waals surface area contributed by atoms with Crippen LogP contribution in [0.1, 0.15) is 31.7 Å². The highest BCUT2D eigenvalue weighted by Crippen LogP contribution is 2.21. The van der Waals surface area contributed by atoms with Crippen molar-refractivity contribution in [2.75, 3.05) is 0 Å². The van der Waals surface area contributed by atoms with Crippen molar-refractivity contribution in [2.45, 2.75) is 38.8 Å². The van der Waals surface area contributed by atoms with Gasteiger partial charge in [0.1, 0.15) is 5.78 Å². The second-order valence-corrected chi connectivity index (χ2v) is 4.68. The summed E-state index contributed by atoms with van der Waals surface area (Å²) in [7, 11) is 0. The summed E-state index contributed by atoms with van der Waals surface area (Å²) < 4.78 is 0. The van der Waals surface area contributed by atoms with Crippen LogP contribution in [0.15, 0.2) is 30.3 Å². The molecule has 2 atom stereocenters. The van der Waals surface area contributed by atoms with E-state index in [4.69, 9.17) is 0 Å². The number of nitrogens with one attached hydrogen (secondary N) is 1. The minimum absolute atomic E-state index is 0.0638. The van der Waals surface area contributed by atoms with Crippen LogP contribution in [0.2, 0.25) is 0 Å². The Balaban J connectivity index is 1.91. The monoisotopic (exact) mass is 217 g/mol. The molecule has 0 aliphatic heterocycles. The summed E-state index contributed by atoms with van der Waals surface area (Å²) in [6.45, 7) is 2.96. The molecular formula is C14H19NO. The fourth-order valence-corrected chi connectivity index (χ4v) is 2.38. The molecule has 1 N–H and O–H groups in total. The maximum absolute atomic E-state index is 11.8. The van der Waals surface area contributed by atoms with Crippen molar-refractivity contribution in [2.24, 2.45) is 5.92 Å². The first-order valence-corrected chi connectivity index (χ1v) is 6.07. The van der Waals surface area contributed by atoms with E-state index in [9.17, 15) is 4.79 Å². The zero-order valence-corrected chi connectivity index (χ0v) is 9.78. The predicted molar refractivity (Wildman–Crippen MR) is 65.1 cm³/mol. The molecule has 1 saturated carbocycles. The second kappa shape index (κ2) is 5.26. The summed E-state index contributed by atoms with van der Waals surface area (Å²) in [5.41, 5.74) is 1.24. The number of Topliss-reactive ketones (excluding diaryl/α,β-unsaturated/α-hetero) is 1. The second-order valence-electron chi connectivity index (χ2n) is 4.68. The van der Waals surface area contributed by atoms with Crippen molar-refractivity contribution in [3.63, 3.8) is 0 Å². The van der Waals surface area contributed by atoms with Crippen molar-refractivity contribution >= 4 is 5.78 Å². The average molecular weight is 217 g/mol. The molecule has 16 heavy (non-hydrogen) atoms. The van der Waals surface area contributed by atoms with E-state index in [1.807, 2.05) is 18.2 Å². The van der Waals surface area contributed by atoms with E-state index in [0.717, 1.165) is 25.8 Å². The van der Waals surface area contributed by atoms with Crippen LogP contribution < -0.4 is 5.32 Å². The van der Waals surface area contributed by atoms with E-state index in [2.05, 4.69) is 24.4 Å². The first kappa shape index (κ1) is 11.3. The highest BCUT2D eigenvalue weighted by atomic mass is 16.1. The minimum atomic E-state index is 0.0638. The number of rotatable bonds is 3. The van der Waals surface area contributed by atoms with E-state index in [1.165, 1.54) is 5.56 Å². The quantitative estimate of drug-likeness (QED) is 0.843. The molecule has 1 aromatic carbocycles. The lowest BCUT2D eigenvalue weighted by Crippen LogP contribution is -2.43. The average Bonchev–Trinajstić information content (AvgIpc) is 2.30. The molecule has 1 fully saturated rings. The van der Waals surface area contributed by atoms with Gasteiger partial charge in [0.2, 0.25) is 0 Å². The first-order chi connectivity index (χ1) is 7.77.